The van der Waals surface area contributed by atoms with Crippen LogP contribution < -0.4 is 0 Å². The summed E-state index contributed by atoms with van der Waals surface area (Å²) in [5.74, 6) is 0. The van der Waals surface area contributed by atoms with Crippen molar-refractivity contribution in [3.05, 3.63) is 0 Å². The van der Waals surface area contributed by atoms with E-state index in [-0.39, 0.29) is 0 Å². The molecule has 0 aromatic carbocycles. The minimum absolute atomic E-state index is 0.641. The molecule has 6 atom stereocenters. The van der Waals surface area contributed by atoms with Crippen molar-refractivity contribution in [2.75, 3.05) is 26.4 Å². The Hall–Kier alpha value is -0.250. The van der Waals surface area contributed by atoms with Gasteiger partial charge >= 0.3 is 7.82 Å². The van der Waals surface area contributed by atoms with E-state index in [1.54, 1.807) is 0 Å². The van der Waals surface area contributed by atoms with Crippen molar-refractivity contribution >= 4 is 7.82 Å². The van der Waals surface area contributed by atoms with Crippen LogP contribution >= 0.6 is 7.82 Å². The van der Waals surface area contributed by atoms with Gasteiger partial charge < -0.3 is 55.7 Å². The van der Waals surface area contributed by atoms with Gasteiger partial charge in [0.1, 0.15) is 36.6 Å². The second kappa shape index (κ2) is 13.0. The van der Waals surface area contributed by atoms with E-state index >= 15 is 0 Å². The summed E-state index contributed by atoms with van der Waals surface area (Å²) in [4.78, 5) is 16.5. The number of hydrogen-bond donors (Lipinski definition) is 11. The van der Waals surface area contributed by atoms with Crippen LogP contribution in [0.25, 0.3) is 0 Å². The highest BCUT2D eigenvalue weighted by molar-refractivity contribution is 7.46. The third-order valence-electron chi connectivity index (χ3n) is 2.55. The summed E-state index contributed by atoms with van der Waals surface area (Å²) < 4.78 is 14.0. The van der Waals surface area contributed by atoms with Crippen LogP contribution in [0.4, 0.5) is 0 Å². The van der Waals surface area contributed by atoms with Crippen molar-refractivity contribution in [1.29, 1.82) is 0 Å². The van der Waals surface area contributed by atoms with Gasteiger partial charge in [-0.05, 0) is 0 Å². The topological polar surface area (TPSA) is 249 Å². The number of hydrogen-bond acceptors (Lipinski definition) is 11. The summed E-state index contributed by atoms with van der Waals surface area (Å²) in [6, 6.07) is 0. The van der Waals surface area contributed by atoms with Gasteiger partial charge in [0, 0.05) is 0 Å². The maximum absolute atomic E-state index is 10.2. The van der Waals surface area contributed by atoms with Gasteiger partial charge in [-0.25, -0.2) is 4.57 Å². The fraction of sp³-hybridized carbons (Fsp3) is 1.00. The fourth-order valence-electron chi connectivity index (χ4n) is 1.11. The fourth-order valence-corrected chi connectivity index (χ4v) is 1.46. The minimum Gasteiger partial charge on any atom is -0.394 e. The SMILES string of the molecule is O=P(O)(O)OC[C@@H](O)[C@H](O)[C@@H](O)CO.OC[C@@H](O)[C@@H](O)[C@@H](O)CO. The van der Waals surface area contributed by atoms with Crippen molar-refractivity contribution in [3.63, 3.8) is 0 Å². The Morgan fingerprint density at radius 2 is 0.958 bits per heavy atom. The van der Waals surface area contributed by atoms with E-state index in [4.69, 9.17) is 55.7 Å². The van der Waals surface area contributed by atoms with E-state index in [1.807, 2.05) is 0 Å². The van der Waals surface area contributed by atoms with Crippen molar-refractivity contribution < 1.29 is 64.8 Å². The Morgan fingerprint density at radius 1 is 0.667 bits per heavy atom. The zero-order valence-corrected chi connectivity index (χ0v) is 13.4. The van der Waals surface area contributed by atoms with Gasteiger partial charge in [0.05, 0.1) is 26.4 Å². The van der Waals surface area contributed by atoms with Crippen molar-refractivity contribution in [1.82, 2.24) is 0 Å². The molecule has 0 bridgehead atoms. The zero-order valence-electron chi connectivity index (χ0n) is 12.5. The Bertz CT molecular complexity index is 340. The summed E-state index contributed by atoms with van der Waals surface area (Å²) in [5.41, 5.74) is 0. The molecule has 14 heteroatoms. The molecule has 0 heterocycles. The van der Waals surface area contributed by atoms with Gasteiger partial charge in [-0.3, -0.25) is 4.52 Å². The molecule has 0 aliphatic carbocycles. The first kappa shape index (κ1) is 26.0. The van der Waals surface area contributed by atoms with E-state index in [1.165, 1.54) is 0 Å². The molecule has 0 aliphatic heterocycles. The summed E-state index contributed by atoms with van der Waals surface area (Å²) in [6.45, 7) is -2.91. The van der Waals surface area contributed by atoms with Crippen LogP contribution in [0.1, 0.15) is 0 Å². The highest BCUT2D eigenvalue weighted by Gasteiger charge is 2.27. The van der Waals surface area contributed by atoms with E-state index in [9.17, 15) is 4.57 Å². The number of aliphatic hydroxyl groups excluding tert-OH is 9. The molecule has 0 rings (SSSR count). The molecule has 0 spiro atoms. The monoisotopic (exact) mass is 384 g/mol. The molecule has 24 heavy (non-hydrogen) atoms. The maximum atomic E-state index is 10.2. The van der Waals surface area contributed by atoms with Crippen molar-refractivity contribution in [2.24, 2.45) is 0 Å². The maximum Gasteiger partial charge on any atom is 0.469 e. The van der Waals surface area contributed by atoms with Gasteiger partial charge in [-0.15, -0.1) is 0 Å². The normalized spacial score (nSPS) is 19.5. The Labute approximate surface area is 136 Å². The highest BCUT2D eigenvalue weighted by atomic mass is 31.2. The average molecular weight is 384 g/mol. The molecule has 0 aromatic heterocycles. The standard InChI is InChI=1S/C5H13O8P.C5H12O5/c6-1-3(7)5(9)4(8)2-13-14(10,11)12;6-1-3(8)5(10)4(9)2-7/h3-9H,1-2H2,(H2,10,11,12);3-10H,1-2H2/t3-,4+,5+;3-,4+,5-/m0./s1. The van der Waals surface area contributed by atoms with Crippen LogP contribution in [0.3, 0.4) is 0 Å². The summed E-state index contributed by atoms with van der Waals surface area (Å²) in [5, 5.41) is 77.7. The summed E-state index contributed by atoms with van der Waals surface area (Å²) in [6.07, 6.45) is -9.30. The lowest BCUT2D eigenvalue weighted by Gasteiger charge is -2.21. The van der Waals surface area contributed by atoms with Crippen LogP contribution in [0.15, 0.2) is 0 Å². The quantitative estimate of drug-likeness (QED) is 0.157. The molecule has 11 N–H and O–H groups in total. The smallest absolute Gasteiger partial charge is 0.394 e. The molecular weight excluding hydrogens is 359 g/mol. The number of aliphatic hydroxyl groups is 9. The van der Waals surface area contributed by atoms with Crippen LogP contribution in [-0.4, -0.2) is 119 Å². The van der Waals surface area contributed by atoms with E-state index < -0.39 is 70.9 Å². The lowest BCUT2D eigenvalue weighted by atomic mass is 10.1. The molecule has 13 nitrogen and oxygen atoms in total. The number of rotatable bonds is 10. The van der Waals surface area contributed by atoms with Gasteiger partial charge in [-0.1, -0.05) is 0 Å². The second-order valence-corrected chi connectivity index (χ2v) is 5.82. The first-order valence-corrected chi connectivity index (χ1v) is 8.05. The minimum atomic E-state index is -4.71. The van der Waals surface area contributed by atoms with E-state index in [0.29, 0.717) is 0 Å². The van der Waals surface area contributed by atoms with Crippen LogP contribution in [0, 0.1) is 0 Å². The van der Waals surface area contributed by atoms with Crippen LogP contribution in [0.5, 0.6) is 0 Å². The molecule has 0 unspecified atom stereocenters. The molecule has 148 valence electrons. The Kier molecular flexibility index (Phi) is 14.1. The van der Waals surface area contributed by atoms with E-state index in [2.05, 4.69) is 4.52 Å². The van der Waals surface area contributed by atoms with Crippen LogP contribution in [0.2, 0.25) is 0 Å². The molecule has 0 radical (unpaired) electrons. The molecule has 0 amide bonds. The lowest BCUT2D eigenvalue weighted by Crippen LogP contribution is -2.41. The average Bonchev–Trinajstić information content (AvgIpc) is 2.55. The predicted octanol–water partition coefficient (Wildman–Crippen LogP) is -5.78. The third-order valence-corrected chi connectivity index (χ3v) is 3.04. The summed E-state index contributed by atoms with van der Waals surface area (Å²) in [7, 11) is -4.71. The third kappa shape index (κ3) is 12.2. The molecule has 0 fully saturated rings. The predicted molar refractivity (Wildman–Crippen MR) is 75.3 cm³/mol. The van der Waals surface area contributed by atoms with Crippen molar-refractivity contribution in [2.45, 2.75) is 36.6 Å². The lowest BCUT2D eigenvalue weighted by molar-refractivity contribution is -0.0900. The molecule has 0 saturated heterocycles. The Morgan fingerprint density at radius 3 is 1.21 bits per heavy atom. The van der Waals surface area contributed by atoms with Crippen LogP contribution in [-0.2, 0) is 9.09 Å². The summed E-state index contributed by atoms with van der Waals surface area (Å²) >= 11 is 0. The van der Waals surface area contributed by atoms with E-state index in [0.717, 1.165) is 0 Å². The molecular formula is C10H25O13P. The van der Waals surface area contributed by atoms with Gasteiger partial charge in [0.2, 0.25) is 0 Å². The zero-order chi connectivity index (χ0) is 19.5. The Balaban J connectivity index is 0. The second-order valence-electron chi connectivity index (χ2n) is 4.58. The number of phosphoric ester groups is 1. The van der Waals surface area contributed by atoms with Gasteiger partial charge in [0.25, 0.3) is 0 Å². The first-order valence-electron chi connectivity index (χ1n) is 6.52. The van der Waals surface area contributed by atoms with Gasteiger partial charge in [-0.2, -0.15) is 0 Å². The van der Waals surface area contributed by atoms with Gasteiger partial charge in [0.15, 0.2) is 0 Å². The molecule has 0 saturated carbocycles. The van der Waals surface area contributed by atoms with Crippen molar-refractivity contribution in [3.8, 4) is 0 Å². The molecule has 0 aromatic rings. The largest absolute Gasteiger partial charge is 0.469 e. The first-order chi connectivity index (χ1) is 10.9. The number of phosphoric acid groups is 1. The highest BCUT2D eigenvalue weighted by Crippen LogP contribution is 2.35. The molecule has 0 aliphatic rings.